The Morgan fingerprint density at radius 1 is 1.67 bits per heavy atom. The number of hydrogen-bond donors (Lipinski definition) is 1. The van der Waals surface area contributed by atoms with Crippen molar-refractivity contribution in [3.63, 3.8) is 0 Å². The van der Waals surface area contributed by atoms with Crippen LogP contribution in [0.15, 0.2) is 12.4 Å². The maximum absolute atomic E-state index is 12.5. The van der Waals surface area contributed by atoms with Gasteiger partial charge in [-0.25, -0.2) is 0 Å². The summed E-state index contributed by atoms with van der Waals surface area (Å²) in [6.07, 6.45) is 6.81. The molecule has 3 rings (SSSR count). The molecule has 1 aromatic rings. The summed E-state index contributed by atoms with van der Waals surface area (Å²) in [5, 5.41) is 7.32. The van der Waals surface area contributed by atoms with Crippen molar-refractivity contribution < 1.29 is 9.53 Å². The normalized spacial score (nSPS) is 32.5. The third-order valence-electron chi connectivity index (χ3n) is 4.42. The van der Waals surface area contributed by atoms with Gasteiger partial charge in [-0.05, 0) is 31.9 Å². The first kappa shape index (κ1) is 14.9. The van der Waals surface area contributed by atoms with Crippen LogP contribution in [0.5, 0.6) is 0 Å². The van der Waals surface area contributed by atoms with Crippen molar-refractivity contribution in [3.05, 3.63) is 18.0 Å². The van der Waals surface area contributed by atoms with Gasteiger partial charge in [-0.3, -0.25) is 9.48 Å². The number of nitrogens with zero attached hydrogens (tertiary/aromatic N) is 2. The Balaban J connectivity index is 1.60. The number of carbonyl (C=O) groups excluding carboxylic acids is 1. The van der Waals surface area contributed by atoms with E-state index in [1.54, 1.807) is 10.9 Å². The summed E-state index contributed by atoms with van der Waals surface area (Å²) in [4.78, 5) is 12.5. The Hall–Kier alpha value is -1.01. The predicted molar refractivity (Wildman–Crippen MR) is 83.1 cm³/mol. The maximum atomic E-state index is 12.5. The van der Waals surface area contributed by atoms with Gasteiger partial charge >= 0.3 is 0 Å². The van der Waals surface area contributed by atoms with Crippen LogP contribution in [0.3, 0.4) is 0 Å². The summed E-state index contributed by atoms with van der Waals surface area (Å²) in [5.41, 5.74) is 0.997. The molecule has 0 spiro atoms. The number of carbonyl (C=O) groups is 1. The highest BCUT2D eigenvalue weighted by Gasteiger charge is 2.37. The summed E-state index contributed by atoms with van der Waals surface area (Å²) in [7, 11) is 1.88. The lowest BCUT2D eigenvalue weighted by atomic mass is 9.96. The molecule has 5 nitrogen and oxygen atoms in total. The minimum Gasteiger partial charge on any atom is -0.373 e. The van der Waals surface area contributed by atoms with Crippen LogP contribution < -0.4 is 5.32 Å². The first-order valence-corrected chi connectivity index (χ1v) is 8.58. The third kappa shape index (κ3) is 3.26. The van der Waals surface area contributed by atoms with E-state index in [-0.39, 0.29) is 22.7 Å². The molecule has 2 aliphatic heterocycles. The number of hydrogen-bond acceptors (Lipinski definition) is 4. The summed E-state index contributed by atoms with van der Waals surface area (Å²) < 4.78 is 7.72. The van der Waals surface area contributed by atoms with Crippen LogP contribution in [-0.4, -0.2) is 39.3 Å². The average molecular weight is 309 g/mol. The molecule has 1 N–H and O–H groups in total. The van der Waals surface area contributed by atoms with E-state index in [9.17, 15) is 4.79 Å². The summed E-state index contributed by atoms with van der Waals surface area (Å²) in [6, 6.07) is 0. The second-order valence-electron chi connectivity index (χ2n) is 6.25. The van der Waals surface area contributed by atoms with E-state index in [1.807, 2.05) is 25.0 Å². The Bertz CT molecular complexity index is 511. The number of ether oxygens (including phenoxy) is 1. The van der Waals surface area contributed by atoms with Gasteiger partial charge in [0.25, 0.3) is 0 Å². The summed E-state index contributed by atoms with van der Waals surface area (Å²) >= 11 is 1.97. The Morgan fingerprint density at radius 3 is 3.19 bits per heavy atom. The number of rotatable bonds is 4. The highest BCUT2D eigenvalue weighted by atomic mass is 32.2. The van der Waals surface area contributed by atoms with Gasteiger partial charge in [0.05, 0.1) is 18.2 Å². The van der Waals surface area contributed by atoms with Crippen molar-refractivity contribution in [2.45, 2.75) is 37.0 Å². The first-order chi connectivity index (χ1) is 10.1. The van der Waals surface area contributed by atoms with Gasteiger partial charge in [0.15, 0.2) is 0 Å². The fourth-order valence-corrected chi connectivity index (χ4v) is 4.40. The molecule has 21 heavy (non-hydrogen) atoms. The van der Waals surface area contributed by atoms with E-state index in [2.05, 4.69) is 17.3 Å². The third-order valence-corrected chi connectivity index (χ3v) is 5.96. The molecule has 0 bridgehead atoms. The number of aryl methyl sites for hydroxylation is 1. The van der Waals surface area contributed by atoms with Crippen LogP contribution in [-0.2, 0) is 16.6 Å². The summed E-state index contributed by atoms with van der Waals surface area (Å²) in [5.74, 6) is 1.23. The van der Waals surface area contributed by atoms with Crippen LogP contribution in [0.25, 0.3) is 0 Å². The lowest BCUT2D eigenvalue weighted by molar-refractivity contribution is -0.126. The molecule has 116 valence electrons. The molecule has 3 heterocycles. The van der Waals surface area contributed by atoms with Crippen LogP contribution >= 0.6 is 11.8 Å². The average Bonchev–Trinajstić information content (AvgIpc) is 3.16. The highest BCUT2D eigenvalue weighted by molar-refractivity contribution is 8.00. The zero-order chi connectivity index (χ0) is 14.9. The topological polar surface area (TPSA) is 56.1 Å². The van der Waals surface area contributed by atoms with Crippen LogP contribution in [0.2, 0.25) is 0 Å². The van der Waals surface area contributed by atoms with E-state index < -0.39 is 0 Å². The van der Waals surface area contributed by atoms with Crippen molar-refractivity contribution in [2.75, 3.05) is 18.9 Å². The van der Waals surface area contributed by atoms with Gasteiger partial charge in [0.1, 0.15) is 0 Å². The highest BCUT2D eigenvalue weighted by Crippen LogP contribution is 2.38. The molecular weight excluding hydrogens is 286 g/mol. The number of thioether (sulfide) groups is 1. The standard InChI is InChI=1S/C15H23N3O2S/c1-15(5-3-7-21-15)10-16-14(19)12-4-6-20-13(12)11-8-17-18(2)9-11/h8-9,12-13H,3-7,10H2,1-2H3,(H,16,19)/t12-,13+,15?/m0/s1. The van der Waals surface area contributed by atoms with Gasteiger partial charge in [0, 0.05) is 36.7 Å². The SMILES string of the molecule is Cn1cc([C@H]2OCC[C@@H]2C(=O)NCC2(C)CCCS2)cn1. The van der Waals surface area contributed by atoms with E-state index >= 15 is 0 Å². The number of amides is 1. The molecule has 6 heteroatoms. The fourth-order valence-electron chi connectivity index (χ4n) is 3.16. The van der Waals surface area contributed by atoms with Gasteiger partial charge in [-0.15, -0.1) is 0 Å². The van der Waals surface area contributed by atoms with E-state index in [1.165, 1.54) is 18.6 Å². The van der Waals surface area contributed by atoms with Gasteiger partial charge in [0.2, 0.25) is 5.91 Å². The molecule has 1 aromatic heterocycles. The van der Waals surface area contributed by atoms with Crippen LogP contribution in [0, 0.1) is 5.92 Å². The molecule has 0 aliphatic carbocycles. The Kier molecular flexibility index (Phi) is 4.26. The van der Waals surface area contributed by atoms with Crippen LogP contribution in [0.4, 0.5) is 0 Å². The lowest BCUT2D eigenvalue weighted by Gasteiger charge is -2.25. The summed E-state index contributed by atoms with van der Waals surface area (Å²) in [6.45, 7) is 3.64. The van der Waals surface area contributed by atoms with Crippen molar-refractivity contribution in [1.82, 2.24) is 15.1 Å². The molecule has 2 fully saturated rings. The molecule has 1 amide bonds. The Labute approximate surface area is 129 Å². The molecule has 0 aromatic carbocycles. The molecule has 3 atom stereocenters. The first-order valence-electron chi connectivity index (χ1n) is 7.59. The lowest BCUT2D eigenvalue weighted by Crippen LogP contribution is -2.40. The fraction of sp³-hybridized carbons (Fsp3) is 0.733. The van der Waals surface area contributed by atoms with Crippen molar-refractivity contribution in [2.24, 2.45) is 13.0 Å². The van der Waals surface area contributed by atoms with Gasteiger partial charge < -0.3 is 10.1 Å². The smallest absolute Gasteiger partial charge is 0.226 e. The predicted octanol–water partition coefficient (Wildman–Crippen LogP) is 1.90. The Morgan fingerprint density at radius 2 is 2.52 bits per heavy atom. The molecule has 2 aliphatic rings. The molecule has 0 saturated carbocycles. The molecular formula is C15H23N3O2S. The minimum absolute atomic E-state index is 0.0933. The number of nitrogens with one attached hydrogen (secondary N) is 1. The molecule has 1 unspecified atom stereocenters. The zero-order valence-electron chi connectivity index (χ0n) is 12.7. The van der Waals surface area contributed by atoms with Gasteiger partial charge in [-0.2, -0.15) is 16.9 Å². The van der Waals surface area contributed by atoms with Crippen LogP contribution in [0.1, 0.15) is 37.9 Å². The van der Waals surface area contributed by atoms with Gasteiger partial charge in [-0.1, -0.05) is 0 Å². The largest absolute Gasteiger partial charge is 0.373 e. The second kappa shape index (κ2) is 6.01. The van der Waals surface area contributed by atoms with E-state index in [0.29, 0.717) is 6.61 Å². The monoisotopic (exact) mass is 309 g/mol. The quantitative estimate of drug-likeness (QED) is 0.923. The maximum Gasteiger partial charge on any atom is 0.226 e. The minimum atomic E-state index is -0.150. The van der Waals surface area contributed by atoms with Crippen molar-refractivity contribution in [3.8, 4) is 0 Å². The molecule has 2 saturated heterocycles. The van der Waals surface area contributed by atoms with E-state index in [0.717, 1.165) is 18.5 Å². The second-order valence-corrected chi connectivity index (χ2v) is 7.94. The van der Waals surface area contributed by atoms with Crippen molar-refractivity contribution >= 4 is 17.7 Å². The number of aromatic nitrogens is 2. The molecule has 0 radical (unpaired) electrons. The van der Waals surface area contributed by atoms with Crippen molar-refractivity contribution in [1.29, 1.82) is 0 Å². The van der Waals surface area contributed by atoms with E-state index in [4.69, 9.17) is 4.74 Å². The zero-order valence-corrected chi connectivity index (χ0v) is 13.5.